The Hall–Kier alpha value is -1.73. The summed E-state index contributed by atoms with van der Waals surface area (Å²) in [5, 5.41) is 15.6. The molecule has 2 atom stereocenters. The lowest BCUT2D eigenvalue weighted by Gasteiger charge is -2.27. The van der Waals surface area contributed by atoms with E-state index in [4.69, 9.17) is 0 Å². The number of hydrogen-bond donors (Lipinski definition) is 2. The first-order valence-corrected chi connectivity index (χ1v) is 9.47. The first kappa shape index (κ1) is 19.6. The highest BCUT2D eigenvalue weighted by atomic mass is 32.1. The third-order valence-corrected chi connectivity index (χ3v) is 5.30. The summed E-state index contributed by atoms with van der Waals surface area (Å²) in [5.74, 6) is 0.00427. The highest BCUT2D eigenvalue weighted by Crippen LogP contribution is 2.29. The topological polar surface area (TPSA) is 82.5 Å². The van der Waals surface area contributed by atoms with Gasteiger partial charge in [-0.1, -0.05) is 20.4 Å². The molecule has 0 spiro atoms. The molecule has 25 heavy (non-hydrogen) atoms. The van der Waals surface area contributed by atoms with Crippen molar-refractivity contribution in [2.24, 2.45) is 0 Å². The molecule has 1 aliphatic carbocycles. The van der Waals surface area contributed by atoms with Crippen LogP contribution in [0.25, 0.3) is 0 Å². The normalized spacial score (nSPS) is 16.4. The number of aromatic nitrogens is 1. The second-order valence-electron chi connectivity index (χ2n) is 7.00. The third kappa shape index (κ3) is 5.12. The number of nitrogens with zero attached hydrogens (tertiary/aromatic N) is 2. The Balaban J connectivity index is 2.09. The van der Waals surface area contributed by atoms with Crippen molar-refractivity contribution in [1.29, 1.82) is 0 Å². The van der Waals surface area contributed by atoms with Gasteiger partial charge in [0, 0.05) is 17.3 Å². The summed E-state index contributed by atoms with van der Waals surface area (Å²) in [6.45, 7) is 11.3. The highest BCUT2D eigenvalue weighted by Gasteiger charge is 2.35. The zero-order valence-corrected chi connectivity index (χ0v) is 16.1. The quantitative estimate of drug-likeness (QED) is 0.694. The van der Waals surface area contributed by atoms with Crippen LogP contribution >= 0.6 is 11.3 Å². The van der Waals surface area contributed by atoms with Crippen LogP contribution in [0.4, 0.5) is 4.79 Å². The van der Waals surface area contributed by atoms with Gasteiger partial charge in [-0.05, 0) is 32.3 Å². The van der Waals surface area contributed by atoms with Crippen LogP contribution in [0.1, 0.15) is 57.2 Å². The van der Waals surface area contributed by atoms with Crippen molar-refractivity contribution in [3.05, 3.63) is 28.2 Å². The molecule has 2 rings (SSSR count). The van der Waals surface area contributed by atoms with Gasteiger partial charge < -0.3 is 15.3 Å². The Morgan fingerprint density at radius 2 is 2.08 bits per heavy atom. The zero-order valence-electron chi connectivity index (χ0n) is 15.3. The van der Waals surface area contributed by atoms with E-state index in [1.807, 2.05) is 5.38 Å². The van der Waals surface area contributed by atoms with Crippen LogP contribution in [0.5, 0.6) is 0 Å². The molecule has 0 aliphatic heterocycles. The maximum absolute atomic E-state index is 12.7. The summed E-state index contributed by atoms with van der Waals surface area (Å²) in [7, 11) is 0. The largest absolute Gasteiger partial charge is 0.391 e. The minimum absolute atomic E-state index is 0.166. The van der Waals surface area contributed by atoms with Crippen LogP contribution in [0.2, 0.25) is 0 Å². The van der Waals surface area contributed by atoms with Gasteiger partial charge in [0.1, 0.15) is 6.04 Å². The monoisotopic (exact) mass is 365 g/mol. The van der Waals surface area contributed by atoms with E-state index in [-0.39, 0.29) is 17.9 Å². The number of ketones is 1. The first-order chi connectivity index (χ1) is 11.7. The molecular formula is C18H27N3O3S. The van der Waals surface area contributed by atoms with Gasteiger partial charge >= 0.3 is 6.03 Å². The Labute approximate surface area is 152 Å². The fraction of sp³-hybridized carbons (Fsp3) is 0.611. The minimum Gasteiger partial charge on any atom is -0.391 e. The summed E-state index contributed by atoms with van der Waals surface area (Å²) in [6, 6.07) is -1.16. The number of carbonyl (C=O) groups is 2. The second kappa shape index (κ2) is 8.10. The maximum atomic E-state index is 12.7. The van der Waals surface area contributed by atoms with Gasteiger partial charge in [0.2, 0.25) is 0 Å². The van der Waals surface area contributed by atoms with E-state index in [0.29, 0.717) is 18.0 Å². The maximum Gasteiger partial charge on any atom is 0.318 e. The molecule has 7 heteroatoms. The lowest BCUT2D eigenvalue weighted by atomic mass is 10.0. The number of rotatable bonds is 8. The minimum atomic E-state index is -0.985. The molecule has 138 valence electrons. The number of aliphatic hydroxyl groups excluding tert-OH is 1. The first-order valence-electron chi connectivity index (χ1n) is 8.60. The van der Waals surface area contributed by atoms with Crippen LogP contribution in [0.15, 0.2) is 17.5 Å². The number of urea groups is 1. The van der Waals surface area contributed by atoms with Gasteiger partial charge in [-0.3, -0.25) is 4.79 Å². The van der Waals surface area contributed by atoms with Crippen molar-refractivity contribution < 1.29 is 14.7 Å². The van der Waals surface area contributed by atoms with E-state index in [0.717, 1.165) is 23.5 Å². The molecule has 1 heterocycles. The molecule has 6 nitrogen and oxygen atoms in total. The number of nitrogens with one attached hydrogen (secondary N) is 1. The summed E-state index contributed by atoms with van der Waals surface area (Å²) in [5.41, 5.74) is 1.17. The molecule has 1 aromatic heterocycles. The molecule has 1 aliphatic rings. The molecule has 1 saturated carbocycles. The molecule has 2 N–H and O–H groups in total. The van der Waals surface area contributed by atoms with Crippen molar-refractivity contribution >= 4 is 23.2 Å². The smallest absolute Gasteiger partial charge is 0.318 e. The van der Waals surface area contributed by atoms with Crippen LogP contribution in [0, 0.1) is 0 Å². The van der Waals surface area contributed by atoms with Gasteiger partial charge in [0.25, 0.3) is 0 Å². The predicted octanol–water partition coefficient (Wildman–Crippen LogP) is 2.84. The third-order valence-electron chi connectivity index (χ3n) is 4.11. The molecule has 2 amide bonds. The number of hydrogen-bond acceptors (Lipinski definition) is 5. The van der Waals surface area contributed by atoms with E-state index in [1.165, 1.54) is 6.92 Å². The Bertz CT molecular complexity index is 650. The van der Waals surface area contributed by atoms with E-state index in [9.17, 15) is 14.7 Å². The highest BCUT2D eigenvalue weighted by molar-refractivity contribution is 7.09. The van der Waals surface area contributed by atoms with Crippen LogP contribution < -0.4 is 5.32 Å². The predicted molar refractivity (Wildman–Crippen MR) is 98.6 cm³/mol. The number of carbonyl (C=O) groups excluding carboxylic acids is 2. The van der Waals surface area contributed by atoms with Crippen LogP contribution in [-0.2, 0) is 11.3 Å². The van der Waals surface area contributed by atoms with Gasteiger partial charge in [0.05, 0.1) is 23.4 Å². The molecule has 1 fully saturated rings. The molecular weight excluding hydrogens is 338 g/mol. The van der Waals surface area contributed by atoms with E-state index >= 15 is 0 Å². The molecule has 0 bridgehead atoms. The van der Waals surface area contributed by atoms with Gasteiger partial charge in [-0.25, -0.2) is 9.78 Å². The number of aliphatic hydroxyl groups is 1. The van der Waals surface area contributed by atoms with Crippen LogP contribution in [-0.4, -0.2) is 45.0 Å². The van der Waals surface area contributed by atoms with Crippen molar-refractivity contribution in [2.75, 3.05) is 0 Å². The Morgan fingerprint density at radius 1 is 1.44 bits per heavy atom. The lowest BCUT2D eigenvalue weighted by molar-refractivity contribution is -0.119. The number of Topliss-reactive ketones (excluding diaryl/α,β-unsaturated/α-hetero) is 1. The van der Waals surface area contributed by atoms with Crippen molar-refractivity contribution in [2.45, 2.75) is 71.2 Å². The average Bonchev–Trinajstić information content (AvgIpc) is 3.26. The molecule has 0 aromatic carbocycles. The summed E-state index contributed by atoms with van der Waals surface area (Å²) in [4.78, 5) is 31.2. The summed E-state index contributed by atoms with van der Waals surface area (Å²) in [6.07, 6.45) is 0.908. The standard InChI is InChI=1S/C18H27N3O3S/c1-10(2)16(23)15(12(5)22)20-18(24)21(14-6-7-14)8-13-9-25-17(19-13)11(3)4/h9,11-12,14-15,22H,1,6-8H2,2-5H3,(H,20,24). The van der Waals surface area contributed by atoms with Gasteiger partial charge in [-0.2, -0.15) is 0 Å². The van der Waals surface area contributed by atoms with Crippen molar-refractivity contribution in [3.8, 4) is 0 Å². The molecule has 1 aromatic rings. The second-order valence-corrected chi connectivity index (χ2v) is 7.89. The van der Waals surface area contributed by atoms with E-state index < -0.39 is 12.1 Å². The van der Waals surface area contributed by atoms with E-state index in [2.05, 4.69) is 30.7 Å². The average molecular weight is 365 g/mol. The SMILES string of the molecule is C=C(C)C(=O)C(NC(=O)N(Cc1csc(C(C)C)n1)C1CC1)C(C)O. The van der Waals surface area contributed by atoms with Gasteiger partial charge in [-0.15, -0.1) is 11.3 Å². The summed E-state index contributed by atoms with van der Waals surface area (Å²) >= 11 is 1.60. The molecule has 2 unspecified atom stereocenters. The van der Waals surface area contributed by atoms with Gasteiger partial charge in [0.15, 0.2) is 5.78 Å². The lowest BCUT2D eigenvalue weighted by Crippen LogP contribution is -2.52. The Kier molecular flexibility index (Phi) is 6.35. The molecule has 0 radical (unpaired) electrons. The zero-order chi connectivity index (χ0) is 18.7. The number of amides is 2. The summed E-state index contributed by atoms with van der Waals surface area (Å²) < 4.78 is 0. The molecule has 0 saturated heterocycles. The fourth-order valence-electron chi connectivity index (χ4n) is 2.47. The van der Waals surface area contributed by atoms with Crippen LogP contribution in [0.3, 0.4) is 0 Å². The van der Waals surface area contributed by atoms with Crippen molar-refractivity contribution in [1.82, 2.24) is 15.2 Å². The number of thiazole rings is 1. The van der Waals surface area contributed by atoms with Crippen molar-refractivity contribution in [3.63, 3.8) is 0 Å². The van der Waals surface area contributed by atoms with E-state index in [1.54, 1.807) is 23.2 Å². The Morgan fingerprint density at radius 3 is 2.52 bits per heavy atom. The fourth-order valence-corrected chi connectivity index (χ4v) is 3.30.